The molecule has 3 heterocycles. The molecule has 0 aliphatic carbocycles. The molecule has 2 aromatic rings. The van der Waals surface area contributed by atoms with E-state index in [9.17, 15) is 0 Å². The van der Waals surface area contributed by atoms with E-state index >= 15 is 0 Å². The van der Waals surface area contributed by atoms with E-state index in [1.54, 1.807) is 0 Å². The molecule has 0 spiro atoms. The second-order valence-corrected chi connectivity index (χ2v) is 6.41. The highest BCUT2D eigenvalue weighted by Crippen LogP contribution is 2.33. The molecule has 0 amide bonds. The first-order valence-electron chi connectivity index (χ1n) is 8.54. The van der Waals surface area contributed by atoms with Crippen molar-refractivity contribution in [2.75, 3.05) is 13.2 Å². The summed E-state index contributed by atoms with van der Waals surface area (Å²) in [4.78, 5) is 0. The van der Waals surface area contributed by atoms with Crippen molar-refractivity contribution in [1.82, 2.24) is 19.7 Å². The summed E-state index contributed by atoms with van der Waals surface area (Å²) in [5.41, 5.74) is 4.20. The summed E-state index contributed by atoms with van der Waals surface area (Å²) in [7, 11) is 1.93. The van der Waals surface area contributed by atoms with E-state index in [-0.39, 0.29) is 6.10 Å². The van der Waals surface area contributed by atoms with E-state index < -0.39 is 0 Å². The van der Waals surface area contributed by atoms with Crippen molar-refractivity contribution in [1.29, 1.82) is 5.26 Å². The number of nitriles is 1. The van der Waals surface area contributed by atoms with Crippen molar-refractivity contribution >= 4 is 0 Å². The van der Waals surface area contributed by atoms with Gasteiger partial charge in [-0.2, -0.15) is 10.4 Å². The van der Waals surface area contributed by atoms with E-state index in [1.807, 2.05) is 28.6 Å². The zero-order valence-electron chi connectivity index (χ0n) is 14.6. The highest BCUT2D eigenvalue weighted by Gasteiger charge is 2.30. The van der Waals surface area contributed by atoms with Crippen LogP contribution in [0.25, 0.3) is 0 Å². The average molecular weight is 327 g/mol. The molecule has 6 nitrogen and oxygen atoms in total. The molecule has 2 aromatic heterocycles. The van der Waals surface area contributed by atoms with E-state index in [0.29, 0.717) is 11.6 Å². The van der Waals surface area contributed by atoms with Gasteiger partial charge in [0.1, 0.15) is 11.8 Å². The summed E-state index contributed by atoms with van der Waals surface area (Å²) in [5, 5.41) is 17.0. The van der Waals surface area contributed by atoms with Crippen molar-refractivity contribution in [3.05, 3.63) is 41.0 Å². The Bertz CT molecular complexity index is 739. The molecule has 1 saturated heterocycles. The number of aromatic nitrogens is 3. The van der Waals surface area contributed by atoms with Crippen LogP contribution in [0.5, 0.6) is 0 Å². The predicted octanol–water partition coefficient (Wildman–Crippen LogP) is 2.29. The third kappa shape index (κ3) is 3.23. The smallest absolute Gasteiger partial charge is 0.120 e. The molecule has 1 aliphatic heterocycles. The number of hydrogen-bond donors (Lipinski definition) is 1. The Balaban J connectivity index is 1.59. The monoisotopic (exact) mass is 327 g/mol. The van der Waals surface area contributed by atoms with Crippen LogP contribution in [-0.2, 0) is 24.9 Å². The van der Waals surface area contributed by atoms with Crippen molar-refractivity contribution < 1.29 is 4.74 Å². The van der Waals surface area contributed by atoms with Crippen LogP contribution in [0.3, 0.4) is 0 Å². The maximum Gasteiger partial charge on any atom is 0.120 e. The Labute approximate surface area is 143 Å². The first-order valence-corrected chi connectivity index (χ1v) is 8.54. The lowest BCUT2D eigenvalue weighted by Crippen LogP contribution is -2.24. The standard InChI is InChI=1S/C18H25N5O/c1-4-23-12-16(11-21-23)18-14(5-6-24-18)9-20-10-15-7-17(8-19)22(3)13(15)2/h7,11-12,14,18,20H,4-6,9-10H2,1-3H3/t14-,18-/m1/s1. The largest absolute Gasteiger partial charge is 0.373 e. The Kier molecular flexibility index (Phi) is 5.03. The highest BCUT2D eigenvalue weighted by molar-refractivity contribution is 5.34. The van der Waals surface area contributed by atoms with E-state index in [0.717, 1.165) is 38.4 Å². The summed E-state index contributed by atoms with van der Waals surface area (Å²) in [6.07, 6.45) is 5.20. The normalized spacial score (nSPS) is 20.4. The van der Waals surface area contributed by atoms with Crippen molar-refractivity contribution in [2.45, 2.75) is 39.5 Å². The molecule has 2 atom stereocenters. The highest BCUT2D eigenvalue weighted by atomic mass is 16.5. The van der Waals surface area contributed by atoms with Crippen LogP contribution in [0.1, 0.15) is 42.0 Å². The first kappa shape index (κ1) is 16.7. The Morgan fingerprint density at radius 3 is 3.00 bits per heavy atom. The van der Waals surface area contributed by atoms with Crippen LogP contribution in [-0.4, -0.2) is 27.5 Å². The maximum atomic E-state index is 9.12. The lowest BCUT2D eigenvalue weighted by Gasteiger charge is -2.18. The molecule has 6 heteroatoms. The molecule has 1 aliphatic rings. The summed E-state index contributed by atoms with van der Waals surface area (Å²) in [6, 6.07) is 4.20. The summed E-state index contributed by atoms with van der Waals surface area (Å²) >= 11 is 0. The van der Waals surface area contributed by atoms with E-state index in [4.69, 9.17) is 10.00 Å². The van der Waals surface area contributed by atoms with Gasteiger partial charge in [0.2, 0.25) is 0 Å². The quantitative estimate of drug-likeness (QED) is 0.884. The Morgan fingerprint density at radius 2 is 2.33 bits per heavy atom. The van der Waals surface area contributed by atoms with Crippen molar-refractivity contribution in [3.63, 3.8) is 0 Å². The van der Waals surface area contributed by atoms with Gasteiger partial charge in [0, 0.05) is 56.7 Å². The molecular formula is C18H25N5O. The van der Waals surface area contributed by atoms with Gasteiger partial charge in [0.15, 0.2) is 0 Å². The van der Waals surface area contributed by atoms with Crippen LogP contribution in [0.4, 0.5) is 0 Å². The lowest BCUT2D eigenvalue weighted by atomic mass is 9.97. The minimum atomic E-state index is 0.129. The van der Waals surface area contributed by atoms with Crippen LogP contribution in [0.15, 0.2) is 18.5 Å². The summed E-state index contributed by atoms with van der Waals surface area (Å²) in [6.45, 7) is 7.50. The van der Waals surface area contributed by atoms with Crippen molar-refractivity contribution in [3.8, 4) is 6.07 Å². The maximum absolute atomic E-state index is 9.12. The molecule has 0 aromatic carbocycles. The molecule has 128 valence electrons. The second-order valence-electron chi connectivity index (χ2n) is 6.41. The lowest BCUT2D eigenvalue weighted by molar-refractivity contribution is 0.0904. The third-order valence-corrected chi connectivity index (χ3v) is 5.00. The number of nitrogens with one attached hydrogen (secondary N) is 1. The molecule has 1 fully saturated rings. The fourth-order valence-corrected chi connectivity index (χ4v) is 3.35. The van der Waals surface area contributed by atoms with Gasteiger partial charge in [-0.05, 0) is 31.9 Å². The predicted molar refractivity (Wildman–Crippen MR) is 91.3 cm³/mol. The van der Waals surface area contributed by atoms with Crippen LogP contribution in [0.2, 0.25) is 0 Å². The number of aryl methyl sites for hydroxylation is 1. The zero-order valence-corrected chi connectivity index (χ0v) is 14.6. The number of rotatable bonds is 6. The minimum absolute atomic E-state index is 0.129. The van der Waals surface area contributed by atoms with Gasteiger partial charge < -0.3 is 14.6 Å². The van der Waals surface area contributed by atoms with Crippen LogP contribution in [0, 0.1) is 24.2 Å². The molecule has 0 unspecified atom stereocenters. The van der Waals surface area contributed by atoms with Gasteiger partial charge >= 0.3 is 0 Å². The Hall–Kier alpha value is -2.10. The number of hydrogen-bond acceptors (Lipinski definition) is 4. The minimum Gasteiger partial charge on any atom is -0.373 e. The Morgan fingerprint density at radius 1 is 1.50 bits per heavy atom. The van der Waals surface area contributed by atoms with E-state index in [2.05, 4.69) is 36.5 Å². The average Bonchev–Trinajstić information content (AvgIpc) is 3.29. The number of nitrogens with zero attached hydrogens (tertiary/aromatic N) is 4. The zero-order chi connectivity index (χ0) is 17.1. The van der Waals surface area contributed by atoms with Crippen LogP contribution < -0.4 is 5.32 Å². The fraction of sp³-hybridized carbons (Fsp3) is 0.556. The van der Waals surface area contributed by atoms with Crippen LogP contribution >= 0.6 is 0 Å². The summed E-state index contributed by atoms with van der Waals surface area (Å²) < 4.78 is 9.82. The van der Waals surface area contributed by atoms with Crippen molar-refractivity contribution in [2.24, 2.45) is 13.0 Å². The van der Waals surface area contributed by atoms with Gasteiger partial charge in [0.25, 0.3) is 0 Å². The SMILES string of the molecule is CCn1cc([C@@H]2OCC[C@@H]2CNCc2cc(C#N)n(C)c2C)cn1. The third-order valence-electron chi connectivity index (χ3n) is 5.00. The second kappa shape index (κ2) is 7.20. The molecule has 0 radical (unpaired) electrons. The van der Waals surface area contributed by atoms with E-state index in [1.165, 1.54) is 11.1 Å². The van der Waals surface area contributed by atoms with Gasteiger partial charge in [-0.1, -0.05) is 0 Å². The van der Waals surface area contributed by atoms with Gasteiger partial charge in [-0.3, -0.25) is 4.68 Å². The van der Waals surface area contributed by atoms with Gasteiger partial charge in [-0.15, -0.1) is 0 Å². The molecule has 24 heavy (non-hydrogen) atoms. The fourth-order valence-electron chi connectivity index (χ4n) is 3.35. The molecular weight excluding hydrogens is 302 g/mol. The molecule has 3 rings (SSSR count). The van der Waals surface area contributed by atoms with Gasteiger partial charge in [-0.25, -0.2) is 0 Å². The molecule has 0 saturated carbocycles. The summed E-state index contributed by atoms with van der Waals surface area (Å²) in [5.74, 6) is 0.457. The van der Waals surface area contributed by atoms with Gasteiger partial charge in [0.05, 0.1) is 12.3 Å². The topological polar surface area (TPSA) is 67.8 Å². The number of ether oxygens (including phenoxy) is 1. The first-order chi connectivity index (χ1) is 11.6. The molecule has 1 N–H and O–H groups in total. The molecule has 0 bridgehead atoms.